The van der Waals surface area contributed by atoms with Gasteiger partial charge in [0.15, 0.2) is 17.5 Å². The summed E-state index contributed by atoms with van der Waals surface area (Å²) in [5.74, 6) is 2.29. The van der Waals surface area contributed by atoms with Crippen LogP contribution in [0.3, 0.4) is 0 Å². The Balaban J connectivity index is 1.55. The Labute approximate surface area is 174 Å². The summed E-state index contributed by atoms with van der Waals surface area (Å²) in [4.78, 5) is 15.5. The monoisotopic (exact) mass is 407 g/mol. The Morgan fingerprint density at radius 2 is 1.69 bits per heavy atom. The molecule has 1 saturated heterocycles. The molecule has 2 aliphatic rings. The van der Waals surface area contributed by atoms with Crippen LogP contribution in [-0.2, 0) is 11.3 Å². The summed E-state index contributed by atoms with van der Waals surface area (Å²) in [5.41, 5.74) is 1.12. The molecule has 1 aliphatic carbocycles. The smallest absolute Gasteiger partial charge is 0.278 e. The van der Waals surface area contributed by atoms with E-state index >= 15 is 0 Å². The molecule has 1 aliphatic heterocycles. The lowest BCUT2D eigenvalue weighted by atomic mass is 10.1. The number of methoxy groups -OCH3 is 3. The molecule has 2 fully saturated rings. The van der Waals surface area contributed by atoms with E-state index in [1.807, 2.05) is 6.07 Å². The SMILES string of the molecule is COc1ccc(C[NH+]2CC[NH+]([C@@H](C)C(=O)NC3CCCC3)CC2)c(OC)c1OC. The van der Waals surface area contributed by atoms with Crippen molar-refractivity contribution in [3.63, 3.8) is 0 Å². The summed E-state index contributed by atoms with van der Waals surface area (Å²) >= 11 is 0. The van der Waals surface area contributed by atoms with Gasteiger partial charge in [0.05, 0.1) is 26.9 Å². The van der Waals surface area contributed by atoms with Crippen LogP contribution < -0.4 is 29.3 Å². The maximum atomic E-state index is 12.6. The third-order valence-electron chi connectivity index (χ3n) is 6.53. The molecule has 0 unspecified atom stereocenters. The predicted octanol–water partition coefficient (Wildman–Crippen LogP) is -0.557. The molecule has 162 valence electrons. The van der Waals surface area contributed by atoms with Crippen molar-refractivity contribution in [2.45, 2.75) is 51.2 Å². The number of quaternary nitrogens is 2. The fourth-order valence-electron chi connectivity index (χ4n) is 4.69. The molecular weight excluding hydrogens is 370 g/mol. The van der Waals surface area contributed by atoms with Crippen LogP contribution in [0.2, 0.25) is 0 Å². The molecule has 1 aromatic carbocycles. The van der Waals surface area contributed by atoms with Gasteiger partial charge in [-0.05, 0) is 31.9 Å². The first-order valence-corrected chi connectivity index (χ1v) is 10.8. The van der Waals surface area contributed by atoms with Gasteiger partial charge >= 0.3 is 0 Å². The quantitative estimate of drug-likeness (QED) is 0.541. The Bertz CT molecular complexity index is 683. The Morgan fingerprint density at radius 1 is 1.03 bits per heavy atom. The van der Waals surface area contributed by atoms with Crippen LogP contribution in [0.15, 0.2) is 12.1 Å². The fraction of sp³-hybridized carbons (Fsp3) is 0.682. The van der Waals surface area contributed by atoms with Crippen LogP contribution in [0.25, 0.3) is 0 Å². The highest BCUT2D eigenvalue weighted by Crippen LogP contribution is 2.39. The number of nitrogens with one attached hydrogen (secondary N) is 3. The zero-order valence-electron chi connectivity index (χ0n) is 18.3. The first kappa shape index (κ1) is 21.7. The first-order valence-electron chi connectivity index (χ1n) is 10.8. The van der Waals surface area contributed by atoms with Gasteiger partial charge in [-0.2, -0.15) is 0 Å². The zero-order valence-corrected chi connectivity index (χ0v) is 18.3. The minimum absolute atomic E-state index is 0.0211. The lowest BCUT2D eigenvalue weighted by Gasteiger charge is -2.33. The van der Waals surface area contributed by atoms with E-state index in [1.54, 1.807) is 21.3 Å². The summed E-state index contributed by atoms with van der Waals surface area (Å²) in [6.45, 7) is 7.03. The van der Waals surface area contributed by atoms with E-state index in [4.69, 9.17) is 14.2 Å². The molecule has 7 nitrogen and oxygen atoms in total. The van der Waals surface area contributed by atoms with Gasteiger partial charge in [-0.1, -0.05) is 12.8 Å². The molecule has 0 aromatic heterocycles. The van der Waals surface area contributed by atoms with E-state index in [2.05, 4.69) is 18.3 Å². The molecule has 0 spiro atoms. The molecule has 1 aromatic rings. The highest BCUT2D eigenvalue weighted by atomic mass is 16.5. The maximum Gasteiger partial charge on any atom is 0.278 e. The van der Waals surface area contributed by atoms with E-state index in [9.17, 15) is 4.79 Å². The molecule has 1 heterocycles. The molecule has 3 rings (SSSR count). The van der Waals surface area contributed by atoms with Crippen molar-refractivity contribution in [3.05, 3.63) is 17.7 Å². The van der Waals surface area contributed by atoms with Gasteiger partial charge in [-0.15, -0.1) is 0 Å². The van der Waals surface area contributed by atoms with Gasteiger partial charge < -0.3 is 29.3 Å². The van der Waals surface area contributed by atoms with Crippen molar-refractivity contribution in [1.29, 1.82) is 0 Å². The van der Waals surface area contributed by atoms with E-state index in [-0.39, 0.29) is 11.9 Å². The van der Waals surface area contributed by atoms with Gasteiger partial charge in [-0.25, -0.2) is 0 Å². The third-order valence-corrected chi connectivity index (χ3v) is 6.53. The molecule has 0 radical (unpaired) electrons. The highest BCUT2D eigenvalue weighted by molar-refractivity contribution is 5.80. The standard InChI is InChI=1S/C22H35N3O4/c1-16(22(26)23-18-7-5-6-8-18)25-13-11-24(12-14-25)15-17-9-10-19(27-2)21(29-4)20(17)28-3/h9-10,16,18H,5-8,11-15H2,1-4H3,(H,23,26)/p+2/t16-/m0/s1. The number of ether oxygens (including phenoxy) is 3. The third kappa shape index (κ3) is 5.14. The van der Waals surface area contributed by atoms with E-state index in [0.29, 0.717) is 17.5 Å². The van der Waals surface area contributed by atoms with E-state index in [1.165, 1.54) is 22.6 Å². The summed E-state index contributed by atoms with van der Waals surface area (Å²) in [6.07, 6.45) is 4.76. The molecule has 1 amide bonds. The second-order valence-corrected chi connectivity index (χ2v) is 8.29. The van der Waals surface area contributed by atoms with E-state index in [0.717, 1.165) is 56.9 Å². The Hall–Kier alpha value is -1.99. The van der Waals surface area contributed by atoms with Crippen LogP contribution in [0.4, 0.5) is 0 Å². The van der Waals surface area contributed by atoms with Crippen LogP contribution in [0, 0.1) is 0 Å². The van der Waals surface area contributed by atoms with Crippen LogP contribution in [0.5, 0.6) is 17.2 Å². The molecule has 29 heavy (non-hydrogen) atoms. The fourth-order valence-corrected chi connectivity index (χ4v) is 4.69. The van der Waals surface area contributed by atoms with Crippen molar-refractivity contribution in [1.82, 2.24) is 5.32 Å². The molecule has 7 heteroatoms. The minimum atomic E-state index is 0.0211. The van der Waals surface area contributed by atoms with Crippen LogP contribution in [0.1, 0.15) is 38.2 Å². The molecule has 0 bridgehead atoms. The van der Waals surface area contributed by atoms with Gasteiger partial charge in [0, 0.05) is 6.04 Å². The number of carbonyl (C=O) groups is 1. The number of hydrogen-bond acceptors (Lipinski definition) is 4. The number of benzene rings is 1. The first-order chi connectivity index (χ1) is 14.1. The summed E-state index contributed by atoms with van der Waals surface area (Å²) in [5, 5.41) is 3.26. The Morgan fingerprint density at radius 3 is 2.28 bits per heavy atom. The summed E-state index contributed by atoms with van der Waals surface area (Å²) in [7, 11) is 4.94. The van der Waals surface area contributed by atoms with Gasteiger partial charge in [0.1, 0.15) is 32.7 Å². The highest BCUT2D eigenvalue weighted by Gasteiger charge is 2.33. The lowest BCUT2D eigenvalue weighted by Crippen LogP contribution is -3.29. The average Bonchev–Trinajstić information content (AvgIpc) is 3.26. The van der Waals surface area contributed by atoms with Crippen LogP contribution >= 0.6 is 0 Å². The predicted molar refractivity (Wildman–Crippen MR) is 111 cm³/mol. The van der Waals surface area contributed by atoms with Crippen molar-refractivity contribution < 1.29 is 28.8 Å². The lowest BCUT2D eigenvalue weighted by molar-refractivity contribution is -1.02. The number of hydrogen-bond donors (Lipinski definition) is 3. The Kier molecular flexibility index (Phi) is 7.61. The van der Waals surface area contributed by atoms with Crippen molar-refractivity contribution in [2.24, 2.45) is 0 Å². The average molecular weight is 408 g/mol. The molecule has 3 N–H and O–H groups in total. The van der Waals surface area contributed by atoms with Gasteiger partial charge in [0.25, 0.3) is 5.91 Å². The number of carbonyl (C=O) groups excluding carboxylic acids is 1. The molecule has 1 atom stereocenters. The number of amides is 1. The topological polar surface area (TPSA) is 65.7 Å². The molecular formula is C22H37N3O4+2. The maximum absolute atomic E-state index is 12.6. The van der Waals surface area contributed by atoms with Gasteiger partial charge in [-0.3, -0.25) is 4.79 Å². The molecule has 1 saturated carbocycles. The van der Waals surface area contributed by atoms with Crippen molar-refractivity contribution >= 4 is 5.91 Å². The largest absolute Gasteiger partial charge is 0.493 e. The second kappa shape index (κ2) is 10.2. The summed E-state index contributed by atoms with van der Waals surface area (Å²) < 4.78 is 16.5. The van der Waals surface area contributed by atoms with Gasteiger partial charge in [0.2, 0.25) is 5.75 Å². The number of rotatable bonds is 8. The van der Waals surface area contributed by atoms with Crippen molar-refractivity contribution in [3.8, 4) is 17.2 Å². The second-order valence-electron chi connectivity index (χ2n) is 8.29. The van der Waals surface area contributed by atoms with Crippen LogP contribution in [-0.4, -0.2) is 65.5 Å². The zero-order chi connectivity index (χ0) is 20.8. The van der Waals surface area contributed by atoms with Crippen molar-refractivity contribution in [2.75, 3.05) is 47.5 Å². The minimum Gasteiger partial charge on any atom is -0.493 e. The van der Waals surface area contributed by atoms with E-state index < -0.39 is 0 Å². The summed E-state index contributed by atoms with van der Waals surface area (Å²) in [6, 6.07) is 4.42. The number of piperazine rings is 1. The normalized spacial score (nSPS) is 23.4.